The first-order chi connectivity index (χ1) is 7.27. The van der Waals surface area contributed by atoms with E-state index in [9.17, 15) is 0 Å². The van der Waals surface area contributed by atoms with E-state index in [1.807, 2.05) is 31.3 Å². The van der Waals surface area contributed by atoms with E-state index >= 15 is 0 Å². The molecule has 0 amide bonds. The normalized spacial score (nSPS) is 10.0. The smallest absolute Gasteiger partial charge is 0.128 e. The lowest BCUT2D eigenvalue weighted by molar-refractivity contribution is 0.788. The fraction of sp³-hybridized carbons (Fsp3) is 0.417. The molecule has 82 valence electrons. The molecule has 0 aliphatic rings. The van der Waals surface area contributed by atoms with Gasteiger partial charge < -0.3 is 10.6 Å². The van der Waals surface area contributed by atoms with Crippen LogP contribution in [0.5, 0.6) is 0 Å². The van der Waals surface area contributed by atoms with Crippen LogP contribution in [0.3, 0.4) is 0 Å². The lowest BCUT2D eigenvalue weighted by Gasteiger charge is -2.18. The largest absolute Gasteiger partial charge is 0.360 e. The Kier molecular flexibility index (Phi) is 4.84. The molecule has 1 heterocycles. The van der Waals surface area contributed by atoms with Gasteiger partial charge in [-0.05, 0) is 25.0 Å². The van der Waals surface area contributed by atoms with Gasteiger partial charge in [-0.2, -0.15) is 0 Å². The summed E-state index contributed by atoms with van der Waals surface area (Å²) in [5, 5.41) is 0. The number of allylic oxidation sites excluding steroid dienone is 1. The molecule has 0 aliphatic carbocycles. The van der Waals surface area contributed by atoms with E-state index in [0.717, 1.165) is 30.9 Å². The van der Waals surface area contributed by atoms with Crippen LogP contribution in [0.25, 0.3) is 0 Å². The van der Waals surface area contributed by atoms with Crippen LogP contribution in [0.2, 0.25) is 0 Å². The van der Waals surface area contributed by atoms with Crippen LogP contribution in [-0.2, 0) is 6.54 Å². The summed E-state index contributed by atoms with van der Waals surface area (Å²) < 4.78 is 0. The van der Waals surface area contributed by atoms with Gasteiger partial charge in [0.05, 0.1) is 5.69 Å². The van der Waals surface area contributed by atoms with Crippen LogP contribution in [0.4, 0.5) is 5.82 Å². The van der Waals surface area contributed by atoms with Crippen LogP contribution >= 0.6 is 0 Å². The fourth-order valence-electron chi connectivity index (χ4n) is 1.38. The summed E-state index contributed by atoms with van der Waals surface area (Å²) in [4.78, 5) is 6.59. The standard InChI is InChI=1S/C12H19N3/c1-3-4-5-9-15(2)12-8-6-7-11(10-13)14-12/h3,6-8H,1,4-5,9-10,13H2,2H3. The minimum absolute atomic E-state index is 0.494. The van der Waals surface area contributed by atoms with Crippen molar-refractivity contribution in [3.63, 3.8) is 0 Å². The van der Waals surface area contributed by atoms with E-state index in [1.54, 1.807) is 0 Å². The third kappa shape index (κ3) is 3.72. The minimum Gasteiger partial charge on any atom is -0.360 e. The summed E-state index contributed by atoms with van der Waals surface area (Å²) in [5.74, 6) is 0.988. The van der Waals surface area contributed by atoms with Crippen LogP contribution in [-0.4, -0.2) is 18.6 Å². The van der Waals surface area contributed by atoms with E-state index in [0.29, 0.717) is 6.54 Å². The number of nitrogens with zero attached hydrogens (tertiary/aromatic N) is 2. The molecule has 0 fully saturated rings. The van der Waals surface area contributed by atoms with Gasteiger partial charge in [-0.1, -0.05) is 12.1 Å². The van der Waals surface area contributed by atoms with Gasteiger partial charge in [-0.3, -0.25) is 0 Å². The lowest BCUT2D eigenvalue weighted by atomic mass is 10.3. The molecule has 0 unspecified atom stereocenters. The van der Waals surface area contributed by atoms with E-state index in [4.69, 9.17) is 5.73 Å². The third-order valence-corrected chi connectivity index (χ3v) is 2.29. The zero-order chi connectivity index (χ0) is 11.1. The number of hydrogen-bond acceptors (Lipinski definition) is 3. The van der Waals surface area contributed by atoms with Crippen molar-refractivity contribution in [1.29, 1.82) is 0 Å². The van der Waals surface area contributed by atoms with Crippen LogP contribution < -0.4 is 10.6 Å². The zero-order valence-electron chi connectivity index (χ0n) is 9.32. The van der Waals surface area contributed by atoms with E-state index in [2.05, 4.69) is 16.5 Å². The van der Waals surface area contributed by atoms with Crippen molar-refractivity contribution >= 4 is 5.82 Å². The molecule has 0 saturated heterocycles. The van der Waals surface area contributed by atoms with Crippen LogP contribution in [0.15, 0.2) is 30.9 Å². The maximum Gasteiger partial charge on any atom is 0.128 e. The number of aromatic nitrogens is 1. The molecule has 1 aromatic heterocycles. The Hall–Kier alpha value is -1.35. The highest BCUT2D eigenvalue weighted by Crippen LogP contribution is 2.10. The number of unbranched alkanes of at least 4 members (excludes halogenated alkanes) is 1. The molecule has 0 spiro atoms. The van der Waals surface area contributed by atoms with Gasteiger partial charge in [0.25, 0.3) is 0 Å². The number of rotatable bonds is 6. The number of nitrogens with two attached hydrogens (primary N) is 1. The topological polar surface area (TPSA) is 42.1 Å². The molecule has 0 aliphatic heterocycles. The summed E-state index contributed by atoms with van der Waals surface area (Å²) in [6.45, 7) is 5.19. The summed E-state index contributed by atoms with van der Waals surface area (Å²) in [6.07, 6.45) is 4.09. The van der Waals surface area contributed by atoms with Crippen molar-refractivity contribution in [2.45, 2.75) is 19.4 Å². The van der Waals surface area contributed by atoms with Crippen molar-refractivity contribution in [3.8, 4) is 0 Å². The quantitative estimate of drug-likeness (QED) is 0.570. The minimum atomic E-state index is 0.494. The first-order valence-electron chi connectivity index (χ1n) is 5.26. The predicted octanol–water partition coefficient (Wildman–Crippen LogP) is 1.94. The van der Waals surface area contributed by atoms with Gasteiger partial charge in [0.1, 0.15) is 5.82 Å². The molecule has 3 nitrogen and oxygen atoms in total. The average Bonchev–Trinajstić information content (AvgIpc) is 2.29. The van der Waals surface area contributed by atoms with Crippen molar-refractivity contribution in [2.75, 3.05) is 18.5 Å². The molecule has 0 aromatic carbocycles. The van der Waals surface area contributed by atoms with Crippen molar-refractivity contribution in [2.24, 2.45) is 5.73 Å². The monoisotopic (exact) mass is 205 g/mol. The van der Waals surface area contributed by atoms with Crippen molar-refractivity contribution in [3.05, 3.63) is 36.5 Å². The fourth-order valence-corrected chi connectivity index (χ4v) is 1.38. The lowest BCUT2D eigenvalue weighted by Crippen LogP contribution is -2.20. The highest BCUT2D eigenvalue weighted by atomic mass is 15.2. The summed E-state index contributed by atoms with van der Waals surface area (Å²) in [5.41, 5.74) is 6.48. The Morgan fingerprint density at radius 1 is 1.53 bits per heavy atom. The Bertz CT molecular complexity index is 309. The molecule has 1 rings (SSSR count). The summed E-state index contributed by atoms with van der Waals surface area (Å²) in [7, 11) is 2.05. The Labute approximate surface area is 91.6 Å². The van der Waals surface area contributed by atoms with Crippen LogP contribution in [0.1, 0.15) is 18.5 Å². The van der Waals surface area contributed by atoms with Gasteiger partial charge >= 0.3 is 0 Å². The average molecular weight is 205 g/mol. The molecular formula is C12H19N3. The SMILES string of the molecule is C=CCCCN(C)c1cccc(CN)n1. The van der Waals surface area contributed by atoms with E-state index in [-0.39, 0.29) is 0 Å². The molecule has 0 bridgehead atoms. The molecule has 0 atom stereocenters. The third-order valence-electron chi connectivity index (χ3n) is 2.29. The van der Waals surface area contributed by atoms with E-state index in [1.165, 1.54) is 0 Å². The predicted molar refractivity (Wildman–Crippen MR) is 64.8 cm³/mol. The number of hydrogen-bond donors (Lipinski definition) is 1. The second-order valence-electron chi connectivity index (χ2n) is 3.54. The number of pyridine rings is 1. The van der Waals surface area contributed by atoms with Gasteiger partial charge in [0.2, 0.25) is 0 Å². The second-order valence-corrected chi connectivity index (χ2v) is 3.54. The Balaban J connectivity index is 2.56. The molecule has 15 heavy (non-hydrogen) atoms. The highest BCUT2D eigenvalue weighted by Gasteiger charge is 2.01. The first-order valence-corrected chi connectivity index (χ1v) is 5.26. The molecule has 3 heteroatoms. The molecule has 0 radical (unpaired) electrons. The molecular weight excluding hydrogens is 186 g/mol. The van der Waals surface area contributed by atoms with Crippen molar-refractivity contribution in [1.82, 2.24) is 4.98 Å². The maximum atomic E-state index is 5.55. The number of anilines is 1. The Morgan fingerprint density at radius 2 is 2.33 bits per heavy atom. The van der Waals surface area contributed by atoms with Crippen molar-refractivity contribution < 1.29 is 0 Å². The Morgan fingerprint density at radius 3 is 3.00 bits per heavy atom. The summed E-state index contributed by atoms with van der Waals surface area (Å²) in [6, 6.07) is 5.95. The molecule has 2 N–H and O–H groups in total. The first kappa shape index (κ1) is 11.7. The molecule has 1 aromatic rings. The maximum absolute atomic E-state index is 5.55. The van der Waals surface area contributed by atoms with Crippen LogP contribution in [0, 0.1) is 0 Å². The van der Waals surface area contributed by atoms with Gasteiger partial charge in [-0.15, -0.1) is 6.58 Å². The van der Waals surface area contributed by atoms with E-state index < -0.39 is 0 Å². The zero-order valence-corrected chi connectivity index (χ0v) is 9.32. The van der Waals surface area contributed by atoms with Gasteiger partial charge in [0, 0.05) is 20.1 Å². The van der Waals surface area contributed by atoms with Gasteiger partial charge in [0.15, 0.2) is 0 Å². The van der Waals surface area contributed by atoms with Gasteiger partial charge in [-0.25, -0.2) is 4.98 Å². The second kappa shape index (κ2) is 6.19. The highest BCUT2D eigenvalue weighted by molar-refractivity contribution is 5.38. The molecule has 0 saturated carbocycles. The summed E-state index contributed by atoms with van der Waals surface area (Å²) >= 11 is 0.